The van der Waals surface area contributed by atoms with E-state index in [0.717, 1.165) is 31.2 Å². The predicted octanol–water partition coefficient (Wildman–Crippen LogP) is 6.52. The summed E-state index contributed by atoms with van der Waals surface area (Å²) < 4.78 is 0. The lowest BCUT2D eigenvalue weighted by atomic mass is 9.47. The minimum Gasteiger partial charge on any atom is -0.302 e. The molecule has 0 amide bonds. The van der Waals surface area contributed by atoms with Crippen LogP contribution >= 0.6 is 0 Å². The van der Waals surface area contributed by atoms with Gasteiger partial charge in [0.15, 0.2) is 5.78 Å². The Labute approximate surface area is 215 Å². The molecule has 5 aliphatic rings. The van der Waals surface area contributed by atoms with Gasteiger partial charge in [-0.15, -0.1) is 0 Å². The highest BCUT2D eigenvalue weighted by molar-refractivity contribution is 5.88. The Morgan fingerprint density at radius 3 is 2.49 bits per heavy atom. The number of nitrogens with zero attached hydrogens (tertiary/aromatic N) is 2. The van der Waals surface area contributed by atoms with Gasteiger partial charge in [-0.05, 0) is 120 Å². The van der Waals surface area contributed by atoms with Crippen LogP contribution in [-0.4, -0.2) is 55.9 Å². The first-order chi connectivity index (χ1) is 16.6. The predicted molar refractivity (Wildman–Crippen MR) is 146 cm³/mol. The zero-order valence-corrected chi connectivity index (χ0v) is 23.6. The third kappa shape index (κ3) is 4.13. The Morgan fingerprint density at radius 1 is 1.06 bits per heavy atom. The summed E-state index contributed by atoms with van der Waals surface area (Å²) in [6, 6.07) is 0.128. The quantitative estimate of drug-likeness (QED) is 0.430. The molecule has 0 N–H and O–H groups in total. The Kier molecular flexibility index (Phi) is 6.75. The number of fused-ring (bicyclic) bond motifs is 5. The lowest BCUT2D eigenvalue weighted by Gasteiger charge is -2.57. The highest BCUT2D eigenvalue weighted by Gasteiger charge is 2.59. The van der Waals surface area contributed by atoms with Crippen molar-refractivity contribution in [3.63, 3.8) is 0 Å². The van der Waals surface area contributed by atoms with Crippen LogP contribution in [0.4, 0.5) is 0 Å². The molecule has 0 spiro atoms. The molecule has 0 radical (unpaired) electrons. The molecule has 1 heterocycles. The van der Waals surface area contributed by atoms with E-state index < -0.39 is 0 Å². The minimum atomic E-state index is 0.128. The van der Waals surface area contributed by atoms with Gasteiger partial charge < -0.3 is 4.90 Å². The summed E-state index contributed by atoms with van der Waals surface area (Å²) >= 11 is 0. The molecule has 0 unspecified atom stereocenters. The molecule has 3 nitrogen and oxygen atoms in total. The van der Waals surface area contributed by atoms with Gasteiger partial charge in [0.05, 0.1) is 6.04 Å². The molecule has 0 saturated heterocycles. The Bertz CT molecular complexity index is 943. The molecule has 3 fully saturated rings. The summed E-state index contributed by atoms with van der Waals surface area (Å²) in [6.07, 6.45) is 17.4. The lowest BCUT2D eigenvalue weighted by molar-refractivity contribution is -0.140. The van der Waals surface area contributed by atoms with E-state index in [1.807, 2.05) is 0 Å². The molecule has 3 saturated carbocycles. The van der Waals surface area contributed by atoms with Crippen molar-refractivity contribution in [1.29, 1.82) is 0 Å². The fraction of sp³-hybridized carbons (Fsp3) is 0.781. The summed E-state index contributed by atoms with van der Waals surface area (Å²) in [4.78, 5) is 18.1. The minimum absolute atomic E-state index is 0.128. The maximum atomic E-state index is 13.5. The molecule has 0 aromatic carbocycles. The highest BCUT2D eigenvalue weighted by atomic mass is 16.1. The van der Waals surface area contributed by atoms with Crippen molar-refractivity contribution in [2.75, 3.05) is 34.2 Å². The van der Waals surface area contributed by atoms with Crippen LogP contribution in [-0.2, 0) is 4.79 Å². The topological polar surface area (TPSA) is 23.6 Å². The number of carbonyl (C=O) groups excluding carboxylic acids is 1. The van der Waals surface area contributed by atoms with E-state index in [4.69, 9.17) is 0 Å². The van der Waals surface area contributed by atoms with E-state index in [1.165, 1.54) is 45.1 Å². The van der Waals surface area contributed by atoms with Gasteiger partial charge in [-0.3, -0.25) is 9.69 Å². The molecule has 4 aliphatic carbocycles. The third-order valence-electron chi connectivity index (χ3n) is 11.7. The fourth-order valence-electron chi connectivity index (χ4n) is 9.52. The second-order valence-electron chi connectivity index (χ2n) is 13.8. The van der Waals surface area contributed by atoms with E-state index in [9.17, 15) is 4.79 Å². The smallest absolute Gasteiger partial charge is 0.153 e. The van der Waals surface area contributed by atoms with Gasteiger partial charge in [0.1, 0.15) is 0 Å². The molecule has 1 aliphatic heterocycles. The first kappa shape index (κ1) is 25.5. The van der Waals surface area contributed by atoms with Crippen molar-refractivity contribution in [1.82, 2.24) is 9.80 Å². The maximum absolute atomic E-state index is 13.5. The second-order valence-corrected chi connectivity index (χ2v) is 13.8. The number of likely N-dealkylation sites (N-methyl/N-ethyl adjacent to an activating group) is 2. The van der Waals surface area contributed by atoms with Gasteiger partial charge in [0.25, 0.3) is 0 Å². The number of carbonyl (C=O) groups is 1. The van der Waals surface area contributed by atoms with Crippen molar-refractivity contribution in [2.45, 2.75) is 85.1 Å². The molecule has 8 atom stereocenters. The second kappa shape index (κ2) is 9.28. The monoisotopic (exact) mass is 478 g/mol. The number of ketones is 1. The van der Waals surface area contributed by atoms with Crippen LogP contribution < -0.4 is 0 Å². The van der Waals surface area contributed by atoms with Gasteiger partial charge in [-0.1, -0.05) is 50.1 Å². The third-order valence-corrected chi connectivity index (χ3v) is 11.7. The fourth-order valence-corrected chi connectivity index (χ4v) is 9.52. The number of hydrogen-bond acceptors (Lipinski definition) is 3. The SMILES string of the molecule is CC1=C(/C=C/[C@@H](C)[C@H]2CC[C@@H]3C4=CC[C@H]5C(=O)[C@@H](N(C)C)CC[C@]5(C)[C@H]4CC[C@@]32C)CCN(C)C1. The summed E-state index contributed by atoms with van der Waals surface area (Å²) in [7, 11) is 6.40. The van der Waals surface area contributed by atoms with Crippen molar-refractivity contribution < 1.29 is 4.79 Å². The number of rotatable bonds is 4. The number of allylic oxidation sites excluding steroid dienone is 4. The standard InChI is InChI=1S/C32H50N2O/c1-21(8-9-23-16-19-34(7)20-22(23)2)25-12-13-26-24-10-11-28-30(35)29(33(5)6)15-18-32(28,4)27(24)14-17-31(25,26)3/h8-10,21,25-29H,11-20H2,1-7H3/b9-8+/t21-,25-,26-,27+,28+,29+,31-,32-/m1/s1. The molecule has 0 aromatic heterocycles. The molecule has 194 valence electrons. The summed E-state index contributed by atoms with van der Waals surface area (Å²) in [5, 5.41) is 0. The highest BCUT2D eigenvalue weighted by Crippen LogP contribution is 2.66. The first-order valence-corrected chi connectivity index (χ1v) is 14.5. The van der Waals surface area contributed by atoms with Gasteiger partial charge in [-0.2, -0.15) is 0 Å². The molecule has 35 heavy (non-hydrogen) atoms. The molecule has 5 rings (SSSR count). The molecule has 0 bridgehead atoms. The van der Waals surface area contributed by atoms with Gasteiger partial charge in [0.2, 0.25) is 0 Å². The summed E-state index contributed by atoms with van der Waals surface area (Å²) in [6.45, 7) is 12.2. The van der Waals surface area contributed by atoms with E-state index in [-0.39, 0.29) is 17.4 Å². The first-order valence-electron chi connectivity index (χ1n) is 14.5. The zero-order chi connectivity index (χ0) is 25.1. The largest absolute Gasteiger partial charge is 0.302 e. The molecule has 0 aromatic rings. The van der Waals surface area contributed by atoms with Crippen LogP contribution in [0.25, 0.3) is 0 Å². The Morgan fingerprint density at radius 2 is 1.77 bits per heavy atom. The number of Topliss-reactive ketones (excluding diaryl/α,β-unsaturated/α-hetero) is 1. The van der Waals surface area contributed by atoms with Crippen LogP contribution in [0.3, 0.4) is 0 Å². The average Bonchev–Trinajstić information content (AvgIpc) is 3.15. The van der Waals surface area contributed by atoms with E-state index in [0.29, 0.717) is 23.0 Å². The van der Waals surface area contributed by atoms with Crippen molar-refractivity contribution >= 4 is 5.78 Å². The normalized spacial score (nSPS) is 43.3. The molecule has 3 heteroatoms. The molecular formula is C32H50N2O. The van der Waals surface area contributed by atoms with Crippen molar-refractivity contribution in [3.8, 4) is 0 Å². The summed E-state index contributed by atoms with van der Waals surface area (Å²) in [5.74, 6) is 3.51. The number of hydrogen-bond donors (Lipinski definition) is 0. The Balaban J connectivity index is 1.35. The van der Waals surface area contributed by atoms with E-state index >= 15 is 0 Å². The van der Waals surface area contributed by atoms with E-state index in [2.05, 4.69) is 76.9 Å². The van der Waals surface area contributed by atoms with Crippen LogP contribution in [0.2, 0.25) is 0 Å². The van der Waals surface area contributed by atoms with Crippen LogP contribution in [0.5, 0.6) is 0 Å². The maximum Gasteiger partial charge on any atom is 0.153 e. The van der Waals surface area contributed by atoms with Gasteiger partial charge >= 0.3 is 0 Å². The molecular weight excluding hydrogens is 428 g/mol. The lowest BCUT2D eigenvalue weighted by Crippen LogP contribution is -2.55. The van der Waals surface area contributed by atoms with Gasteiger partial charge in [0, 0.05) is 19.0 Å². The Hall–Kier alpha value is -1.19. The van der Waals surface area contributed by atoms with Crippen molar-refractivity contribution in [3.05, 3.63) is 34.9 Å². The summed E-state index contributed by atoms with van der Waals surface area (Å²) in [5.41, 5.74) is 5.48. The van der Waals surface area contributed by atoms with Gasteiger partial charge in [-0.25, -0.2) is 0 Å². The van der Waals surface area contributed by atoms with Crippen LogP contribution in [0.1, 0.15) is 79.1 Å². The average molecular weight is 479 g/mol. The van der Waals surface area contributed by atoms with E-state index in [1.54, 1.807) is 16.7 Å². The van der Waals surface area contributed by atoms with Crippen LogP contribution in [0.15, 0.2) is 34.9 Å². The zero-order valence-electron chi connectivity index (χ0n) is 23.6. The van der Waals surface area contributed by atoms with Crippen molar-refractivity contribution in [2.24, 2.45) is 40.4 Å². The van der Waals surface area contributed by atoms with Crippen LogP contribution in [0, 0.1) is 40.4 Å².